The number of amides is 1. The maximum atomic E-state index is 13.1. The first kappa shape index (κ1) is 15.8. The molecular formula is C15H17ClFNO3. The lowest BCUT2D eigenvalue weighted by Crippen LogP contribution is -2.55. The van der Waals surface area contributed by atoms with E-state index < -0.39 is 29.2 Å². The molecule has 1 amide bonds. The summed E-state index contributed by atoms with van der Waals surface area (Å²) >= 11 is 5.67. The van der Waals surface area contributed by atoms with Crippen LogP contribution < -0.4 is 5.32 Å². The van der Waals surface area contributed by atoms with E-state index in [-0.39, 0.29) is 10.6 Å². The van der Waals surface area contributed by atoms with Crippen LogP contribution >= 0.6 is 11.6 Å². The van der Waals surface area contributed by atoms with Gasteiger partial charge in [-0.05, 0) is 38.0 Å². The summed E-state index contributed by atoms with van der Waals surface area (Å²) in [6.45, 7) is 1.74. The van der Waals surface area contributed by atoms with Crippen molar-refractivity contribution in [3.8, 4) is 0 Å². The highest BCUT2D eigenvalue weighted by molar-refractivity contribution is 6.31. The highest BCUT2D eigenvalue weighted by atomic mass is 35.5. The minimum Gasteiger partial charge on any atom is -0.481 e. The summed E-state index contributed by atoms with van der Waals surface area (Å²) in [7, 11) is 0. The average molecular weight is 314 g/mol. The van der Waals surface area contributed by atoms with Crippen molar-refractivity contribution in [2.24, 2.45) is 5.92 Å². The quantitative estimate of drug-likeness (QED) is 0.900. The molecule has 114 valence electrons. The third-order valence-corrected chi connectivity index (χ3v) is 4.38. The number of aliphatic carboxylic acids is 1. The Morgan fingerprint density at radius 3 is 2.76 bits per heavy atom. The van der Waals surface area contributed by atoms with Crippen molar-refractivity contribution in [3.05, 3.63) is 34.6 Å². The SMILES string of the molecule is CC1(NC(=O)c2ccc(F)c(Cl)c2)CCCCC1C(=O)O. The molecule has 1 fully saturated rings. The van der Waals surface area contributed by atoms with Gasteiger partial charge in [0.05, 0.1) is 16.5 Å². The molecule has 2 atom stereocenters. The Balaban J connectivity index is 2.20. The molecule has 2 rings (SSSR count). The Kier molecular flexibility index (Phi) is 4.52. The van der Waals surface area contributed by atoms with Gasteiger partial charge in [0.2, 0.25) is 0 Å². The number of halogens is 2. The van der Waals surface area contributed by atoms with Gasteiger partial charge in [0.25, 0.3) is 5.91 Å². The predicted molar refractivity (Wildman–Crippen MR) is 76.9 cm³/mol. The molecule has 21 heavy (non-hydrogen) atoms. The van der Waals surface area contributed by atoms with Gasteiger partial charge >= 0.3 is 5.97 Å². The number of carboxylic acid groups (broad SMARTS) is 1. The lowest BCUT2D eigenvalue weighted by molar-refractivity contribution is -0.145. The molecular weight excluding hydrogens is 297 g/mol. The van der Waals surface area contributed by atoms with Crippen LogP contribution in [0.15, 0.2) is 18.2 Å². The number of carbonyl (C=O) groups excluding carboxylic acids is 1. The highest BCUT2D eigenvalue weighted by Crippen LogP contribution is 2.34. The van der Waals surface area contributed by atoms with E-state index >= 15 is 0 Å². The van der Waals surface area contributed by atoms with E-state index in [4.69, 9.17) is 11.6 Å². The molecule has 0 aliphatic heterocycles. The number of hydrogen-bond donors (Lipinski definition) is 2. The second-order valence-electron chi connectivity index (χ2n) is 5.64. The molecule has 0 radical (unpaired) electrons. The lowest BCUT2D eigenvalue weighted by Gasteiger charge is -2.39. The van der Waals surface area contributed by atoms with E-state index in [0.717, 1.165) is 18.9 Å². The molecule has 1 aliphatic rings. The van der Waals surface area contributed by atoms with Crippen molar-refractivity contribution in [3.63, 3.8) is 0 Å². The molecule has 0 aromatic heterocycles. The summed E-state index contributed by atoms with van der Waals surface area (Å²) in [5.41, 5.74) is -0.584. The van der Waals surface area contributed by atoms with Crippen LogP contribution in [0.5, 0.6) is 0 Å². The fourth-order valence-corrected chi connectivity index (χ4v) is 3.03. The second-order valence-corrected chi connectivity index (χ2v) is 6.04. The molecule has 4 nitrogen and oxygen atoms in total. The van der Waals surface area contributed by atoms with Gasteiger partial charge < -0.3 is 10.4 Å². The fraction of sp³-hybridized carbons (Fsp3) is 0.467. The zero-order valence-electron chi connectivity index (χ0n) is 11.7. The fourth-order valence-electron chi connectivity index (χ4n) is 2.85. The van der Waals surface area contributed by atoms with Gasteiger partial charge in [-0.1, -0.05) is 24.4 Å². The van der Waals surface area contributed by atoms with Crippen molar-refractivity contribution in [1.29, 1.82) is 0 Å². The van der Waals surface area contributed by atoms with E-state index in [1.54, 1.807) is 6.92 Å². The molecule has 2 N–H and O–H groups in total. The van der Waals surface area contributed by atoms with Gasteiger partial charge in [0.1, 0.15) is 5.82 Å². The minimum absolute atomic E-state index is 0.133. The summed E-state index contributed by atoms with van der Waals surface area (Å²) < 4.78 is 13.1. The highest BCUT2D eigenvalue weighted by Gasteiger charge is 2.42. The summed E-state index contributed by atoms with van der Waals surface area (Å²) in [6, 6.07) is 3.70. The normalized spacial score (nSPS) is 25.4. The molecule has 1 saturated carbocycles. The van der Waals surface area contributed by atoms with E-state index in [9.17, 15) is 19.1 Å². The van der Waals surface area contributed by atoms with Gasteiger partial charge in [-0.3, -0.25) is 9.59 Å². The summed E-state index contributed by atoms with van der Waals surface area (Å²) in [4.78, 5) is 23.6. The molecule has 1 aromatic carbocycles. The second kappa shape index (κ2) is 6.02. The number of carbonyl (C=O) groups is 2. The molecule has 1 aliphatic carbocycles. The average Bonchev–Trinajstić information content (AvgIpc) is 2.41. The van der Waals surface area contributed by atoms with Gasteiger partial charge in [-0.25, -0.2) is 4.39 Å². The summed E-state index contributed by atoms with van der Waals surface area (Å²) in [5, 5.41) is 12.0. The summed E-state index contributed by atoms with van der Waals surface area (Å²) in [5.74, 6) is -2.56. The van der Waals surface area contributed by atoms with Crippen LogP contribution in [0, 0.1) is 11.7 Å². The first-order chi connectivity index (χ1) is 9.83. The Morgan fingerprint density at radius 1 is 1.43 bits per heavy atom. The third-order valence-electron chi connectivity index (χ3n) is 4.09. The Bertz CT molecular complexity index is 578. The van der Waals surface area contributed by atoms with Gasteiger partial charge in [0, 0.05) is 5.56 Å². The van der Waals surface area contributed by atoms with E-state index in [0.29, 0.717) is 12.8 Å². The van der Waals surface area contributed by atoms with Gasteiger partial charge in [0.15, 0.2) is 0 Å². The topological polar surface area (TPSA) is 66.4 Å². The monoisotopic (exact) mass is 313 g/mol. The van der Waals surface area contributed by atoms with E-state index in [1.165, 1.54) is 12.1 Å². The maximum absolute atomic E-state index is 13.1. The molecule has 6 heteroatoms. The molecule has 0 spiro atoms. The maximum Gasteiger partial charge on any atom is 0.308 e. The van der Waals surface area contributed by atoms with Crippen LogP contribution in [-0.2, 0) is 4.79 Å². The number of rotatable bonds is 3. The molecule has 0 heterocycles. The zero-order chi connectivity index (χ0) is 15.6. The van der Waals surface area contributed by atoms with Gasteiger partial charge in [-0.15, -0.1) is 0 Å². The van der Waals surface area contributed by atoms with Crippen LogP contribution in [0.25, 0.3) is 0 Å². The minimum atomic E-state index is -0.908. The Labute approximate surface area is 127 Å². The Morgan fingerprint density at radius 2 is 2.14 bits per heavy atom. The zero-order valence-corrected chi connectivity index (χ0v) is 12.4. The van der Waals surface area contributed by atoms with Crippen LogP contribution in [0.4, 0.5) is 4.39 Å². The van der Waals surface area contributed by atoms with Crippen molar-refractivity contribution in [2.45, 2.75) is 38.1 Å². The van der Waals surface area contributed by atoms with Crippen LogP contribution in [-0.4, -0.2) is 22.5 Å². The first-order valence-electron chi connectivity index (χ1n) is 6.84. The van der Waals surface area contributed by atoms with E-state index in [1.807, 2.05) is 0 Å². The molecule has 2 unspecified atom stereocenters. The number of nitrogens with one attached hydrogen (secondary N) is 1. The molecule has 1 aromatic rings. The standard InChI is InChI=1S/C15H17ClFNO3/c1-15(7-3-2-4-10(15)14(20)21)18-13(19)9-5-6-12(17)11(16)8-9/h5-6,8,10H,2-4,7H2,1H3,(H,18,19)(H,20,21). The largest absolute Gasteiger partial charge is 0.481 e. The smallest absolute Gasteiger partial charge is 0.308 e. The number of carboxylic acids is 1. The van der Waals surface area contributed by atoms with E-state index in [2.05, 4.69) is 5.32 Å². The number of benzene rings is 1. The van der Waals surface area contributed by atoms with Crippen LogP contribution in [0.2, 0.25) is 5.02 Å². The number of hydrogen-bond acceptors (Lipinski definition) is 2. The van der Waals surface area contributed by atoms with Gasteiger partial charge in [-0.2, -0.15) is 0 Å². The first-order valence-corrected chi connectivity index (χ1v) is 7.21. The lowest BCUT2D eigenvalue weighted by atomic mass is 9.73. The third kappa shape index (κ3) is 3.35. The van der Waals surface area contributed by atoms with Crippen molar-refractivity contribution >= 4 is 23.5 Å². The van der Waals surface area contributed by atoms with Crippen molar-refractivity contribution in [2.75, 3.05) is 0 Å². The molecule has 0 bridgehead atoms. The van der Waals surface area contributed by atoms with Crippen LogP contribution in [0.3, 0.4) is 0 Å². The van der Waals surface area contributed by atoms with Crippen molar-refractivity contribution in [1.82, 2.24) is 5.32 Å². The van der Waals surface area contributed by atoms with Crippen molar-refractivity contribution < 1.29 is 19.1 Å². The Hall–Kier alpha value is -1.62. The predicted octanol–water partition coefficient (Wildman–Crippen LogP) is 3.24. The molecule has 0 saturated heterocycles. The summed E-state index contributed by atoms with van der Waals surface area (Å²) in [6.07, 6.45) is 2.84. The van der Waals surface area contributed by atoms with Crippen LogP contribution in [0.1, 0.15) is 43.0 Å².